The Morgan fingerprint density at radius 3 is 2.38 bits per heavy atom. The third-order valence-electron chi connectivity index (χ3n) is 5.84. The number of aliphatic hydroxyl groups excluding tert-OH is 4. The molecule has 0 spiro atoms. The maximum Gasteiger partial charge on any atom is 0.119 e. The summed E-state index contributed by atoms with van der Waals surface area (Å²) in [5.41, 5.74) is 2.46. The number of ether oxygens (including phenoxy) is 3. The van der Waals surface area contributed by atoms with Crippen molar-refractivity contribution in [2.75, 3.05) is 19.8 Å². The van der Waals surface area contributed by atoms with Crippen molar-refractivity contribution >= 4 is 11.6 Å². The molecule has 4 N–H and O–H groups in total. The molecule has 0 radical (unpaired) electrons. The van der Waals surface area contributed by atoms with Crippen LogP contribution in [0.3, 0.4) is 0 Å². The zero-order chi connectivity index (χ0) is 22.7. The van der Waals surface area contributed by atoms with Crippen LogP contribution in [0.2, 0.25) is 5.02 Å². The summed E-state index contributed by atoms with van der Waals surface area (Å²) in [6.45, 7) is 0.638. The maximum atomic E-state index is 10.4. The third kappa shape index (κ3) is 5.61. The first-order valence-electron chi connectivity index (χ1n) is 10.9. The average molecular weight is 465 g/mol. The van der Waals surface area contributed by atoms with Crippen molar-refractivity contribution in [1.29, 1.82) is 0 Å². The first-order chi connectivity index (χ1) is 15.5. The zero-order valence-corrected chi connectivity index (χ0v) is 18.4. The molecular formula is C24H29ClO7. The van der Waals surface area contributed by atoms with Crippen LogP contribution < -0.4 is 4.74 Å². The lowest BCUT2D eigenvalue weighted by molar-refractivity contribution is -0.231. The zero-order valence-electron chi connectivity index (χ0n) is 17.6. The number of halogens is 1. The van der Waals surface area contributed by atoms with Crippen LogP contribution in [0.4, 0.5) is 0 Å². The predicted molar refractivity (Wildman–Crippen MR) is 118 cm³/mol. The summed E-state index contributed by atoms with van der Waals surface area (Å²) in [6.07, 6.45) is -2.73. The largest absolute Gasteiger partial charge is 0.491 e. The molecule has 8 heteroatoms. The Labute approximate surface area is 192 Å². The Bertz CT molecular complexity index is 884. The van der Waals surface area contributed by atoms with E-state index in [0.29, 0.717) is 36.3 Å². The predicted octanol–water partition coefficient (Wildman–Crippen LogP) is 2.00. The van der Waals surface area contributed by atoms with Crippen LogP contribution in [-0.2, 0) is 15.9 Å². The molecule has 2 fully saturated rings. The molecule has 2 aromatic carbocycles. The van der Waals surface area contributed by atoms with Gasteiger partial charge in [0, 0.05) is 5.02 Å². The average Bonchev–Trinajstić information content (AvgIpc) is 3.63. The van der Waals surface area contributed by atoms with Gasteiger partial charge in [0.05, 0.1) is 19.3 Å². The van der Waals surface area contributed by atoms with Crippen LogP contribution in [0.5, 0.6) is 5.75 Å². The van der Waals surface area contributed by atoms with Gasteiger partial charge in [0.2, 0.25) is 0 Å². The summed E-state index contributed by atoms with van der Waals surface area (Å²) >= 11 is 6.40. The first-order valence-corrected chi connectivity index (χ1v) is 11.3. The molecule has 4 rings (SSSR count). The van der Waals surface area contributed by atoms with Gasteiger partial charge < -0.3 is 34.6 Å². The van der Waals surface area contributed by atoms with Gasteiger partial charge in [0.25, 0.3) is 0 Å². The van der Waals surface area contributed by atoms with E-state index in [9.17, 15) is 20.4 Å². The van der Waals surface area contributed by atoms with Crippen LogP contribution in [-0.4, -0.2) is 70.8 Å². The molecule has 2 aliphatic rings. The van der Waals surface area contributed by atoms with Crippen molar-refractivity contribution in [1.82, 2.24) is 0 Å². The molecule has 0 amide bonds. The highest BCUT2D eigenvalue weighted by atomic mass is 35.5. The minimum Gasteiger partial charge on any atom is -0.491 e. The highest BCUT2D eigenvalue weighted by Crippen LogP contribution is 2.34. The second-order valence-corrected chi connectivity index (χ2v) is 8.75. The summed E-state index contributed by atoms with van der Waals surface area (Å²) in [5.74, 6) is 0.773. The fourth-order valence-electron chi connectivity index (χ4n) is 3.82. The lowest BCUT2D eigenvalue weighted by Gasteiger charge is -2.40. The summed E-state index contributed by atoms with van der Waals surface area (Å²) in [6, 6.07) is 13.0. The summed E-state index contributed by atoms with van der Waals surface area (Å²) in [5, 5.41) is 40.5. The molecule has 0 aromatic heterocycles. The number of hydrogen-bond acceptors (Lipinski definition) is 7. The van der Waals surface area contributed by atoms with E-state index < -0.39 is 37.1 Å². The van der Waals surface area contributed by atoms with Crippen LogP contribution in [0.1, 0.15) is 35.6 Å². The SMILES string of the molecule is OC[C@H]1OC(c2ccc(Cl)c(Cc3ccc(OCCOC4CC4)cc3)c2)[C@H](O)[C@@H](O)[C@@H]1O. The van der Waals surface area contributed by atoms with E-state index in [4.69, 9.17) is 25.8 Å². The van der Waals surface area contributed by atoms with Crippen molar-refractivity contribution in [2.24, 2.45) is 0 Å². The van der Waals surface area contributed by atoms with Gasteiger partial charge in [0.15, 0.2) is 0 Å². The second-order valence-electron chi connectivity index (χ2n) is 8.34. The van der Waals surface area contributed by atoms with Crippen molar-refractivity contribution < 1.29 is 34.6 Å². The molecule has 32 heavy (non-hydrogen) atoms. The Morgan fingerprint density at radius 2 is 1.69 bits per heavy atom. The van der Waals surface area contributed by atoms with Crippen LogP contribution in [0.25, 0.3) is 0 Å². The van der Waals surface area contributed by atoms with Gasteiger partial charge >= 0.3 is 0 Å². The summed E-state index contributed by atoms with van der Waals surface area (Å²) in [4.78, 5) is 0. The van der Waals surface area contributed by atoms with E-state index in [2.05, 4.69) is 0 Å². The standard InChI is InChI=1S/C24H29ClO7/c25-19-8-3-15(24-23(29)22(28)21(27)20(13-26)32-24)12-16(19)11-14-1-4-17(5-2-14)30-9-10-31-18-6-7-18/h1-5,8,12,18,20-24,26-29H,6-7,9-11,13H2/t20-,21-,22+,23-,24?/m1/s1. The van der Waals surface area contributed by atoms with E-state index >= 15 is 0 Å². The lowest BCUT2D eigenvalue weighted by atomic mass is 9.90. The van der Waals surface area contributed by atoms with Gasteiger partial charge in [-0.2, -0.15) is 0 Å². The lowest BCUT2D eigenvalue weighted by Crippen LogP contribution is -2.55. The molecule has 1 saturated carbocycles. The highest BCUT2D eigenvalue weighted by molar-refractivity contribution is 6.31. The topological polar surface area (TPSA) is 109 Å². The Hall–Kier alpha value is -1.71. The van der Waals surface area contributed by atoms with Gasteiger partial charge in [-0.15, -0.1) is 0 Å². The highest BCUT2D eigenvalue weighted by Gasteiger charge is 2.44. The number of hydrogen-bond donors (Lipinski definition) is 4. The molecule has 5 atom stereocenters. The van der Waals surface area contributed by atoms with E-state index in [0.717, 1.165) is 29.7 Å². The van der Waals surface area contributed by atoms with Crippen LogP contribution in [0.15, 0.2) is 42.5 Å². The molecular weight excluding hydrogens is 436 g/mol. The molecule has 7 nitrogen and oxygen atoms in total. The number of rotatable bonds is 9. The Kier molecular flexibility index (Phi) is 7.68. The normalized spacial score (nSPS) is 28.0. The Morgan fingerprint density at radius 1 is 0.938 bits per heavy atom. The van der Waals surface area contributed by atoms with Gasteiger partial charge in [-0.1, -0.05) is 35.9 Å². The molecule has 2 aromatic rings. The Balaban J connectivity index is 1.41. The van der Waals surface area contributed by atoms with E-state index in [-0.39, 0.29) is 0 Å². The quantitative estimate of drug-likeness (QED) is 0.420. The first kappa shape index (κ1) is 23.4. The smallest absolute Gasteiger partial charge is 0.119 e. The molecule has 174 valence electrons. The van der Waals surface area contributed by atoms with Gasteiger partial charge in [-0.05, 0) is 54.2 Å². The fraction of sp³-hybridized carbons (Fsp3) is 0.500. The minimum atomic E-state index is -1.42. The molecule has 1 aliphatic carbocycles. The van der Waals surface area contributed by atoms with Gasteiger partial charge in [0.1, 0.15) is 42.9 Å². The maximum absolute atomic E-state index is 10.4. The van der Waals surface area contributed by atoms with Crippen molar-refractivity contribution in [3.05, 3.63) is 64.2 Å². The number of benzene rings is 2. The summed E-state index contributed by atoms with van der Waals surface area (Å²) in [7, 11) is 0. The molecule has 1 unspecified atom stereocenters. The third-order valence-corrected chi connectivity index (χ3v) is 6.21. The second kappa shape index (κ2) is 10.5. The number of aliphatic hydroxyl groups is 4. The minimum absolute atomic E-state index is 0.421. The van der Waals surface area contributed by atoms with E-state index in [1.807, 2.05) is 30.3 Å². The molecule has 1 saturated heterocycles. The fourth-order valence-corrected chi connectivity index (χ4v) is 4.00. The van der Waals surface area contributed by atoms with E-state index in [1.54, 1.807) is 12.1 Å². The molecule has 1 aliphatic heterocycles. The monoisotopic (exact) mass is 464 g/mol. The van der Waals surface area contributed by atoms with Crippen LogP contribution in [0, 0.1) is 0 Å². The van der Waals surface area contributed by atoms with Crippen molar-refractivity contribution in [3.8, 4) is 5.75 Å². The summed E-state index contributed by atoms with van der Waals surface area (Å²) < 4.78 is 16.9. The van der Waals surface area contributed by atoms with Crippen molar-refractivity contribution in [2.45, 2.75) is 55.9 Å². The van der Waals surface area contributed by atoms with Crippen molar-refractivity contribution in [3.63, 3.8) is 0 Å². The van der Waals surface area contributed by atoms with Crippen LogP contribution >= 0.6 is 11.6 Å². The van der Waals surface area contributed by atoms with Gasteiger partial charge in [-0.25, -0.2) is 0 Å². The molecule has 0 bridgehead atoms. The van der Waals surface area contributed by atoms with E-state index in [1.165, 1.54) is 0 Å². The van der Waals surface area contributed by atoms with Gasteiger partial charge in [-0.3, -0.25) is 0 Å². The molecule has 1 heterocycles.